The summed E-state index contributed by atoms with van der Waals surface area (Å²) in [6, 6.07) is 9.99. The summed E-state index contributed by atoms with van der Waals surface area (Å²) in [5.41, 5.74) is 1.12. The fraction of sp³-hybridized carbons (Fsp3) is 0.579. The molecule has 1 aromatic carbocycles. The lowest BCUT2D eigenvalue weighted by atomic mass is 9.80. The predicted octanol–water partition coefficient (Wildman–Crippen LogP) is 3.56. The van der Waals surface area contributed by atoms with Gasteiger partial charge in [0.2, 0.25) is 5.91 Å². The fourth-order valence-electron chi connectivity index (χ4n) is 3.37. The van der Waals surface area contributed by atoms with Crippen LogP contribution in [0.15, 0.2) is 30.3 Å². The van der Waals surface area contributed by atoms with E-state index in [4.69, 9.17) is 0 Å². The van der Waals surface area contributed by atoms with Gasteiger partial charge in [0.1, 0.15) is 0 Å². The Morgan fingerprint density at radius 3 is 2.43 bits per heavy atom. The molecule has 1 fully saturated rings. The number of benzene rings is 1. The van der Waals surface area contributed by atoms with E-state index in [0.717, 1.165) is 18.4 Å². The number of aliphatic carboxylic acids is 1. The van der Waals surface area contributed by atoms with Gasteiger partial charge < -0.3 is 10.0 Å². The van der Waals surface area contributed by atoms with E-state index in [0.29, 0.717) is 31.8 Å². The van der Waals surface area contributed by atoms with Crippen molar-refractivity contribution in [2.75, 3.05) is 6.54 Å². The molecule has 1 amide bonds. The van der Waals surface area contributed by atoms with Crippen LogP contribution in [0.2, 0.25) is 0 Å². The Hall–Kier alpha value is -1.84. The van der Waals surface area contributed by atoms with Crippen molar-refractivity contribution in [3.8, 4) is 0 Å². The van der Waals surface area contributed by atoms with Crippen molar-refractivity contribution in [2.45, 2.75) is 46.1 Å². The molecule has 2 rings (SSSR count). The maximum atomic E-state index is 12.9. The second-order valence-electron chi connectivity index (χ2n) is 7.00. The molecule has 1 aliphatic rings. The Morgan fingerprint density at radius 1 is 1.17 bits per heavy atom. The van der Waals surface area contributed by atoms with Gasteiger partial charge in [-0.1, -0.05) is 50.6 Å². The molecule has 0 heterocycles. The first kappa shape index (κ1) is 17.5. The van der Waals surface area contributed by atoms with Gasteiger partial charge in [0.25, 0.3) is 0 Å². The first-order valence-electron chi connectivity index (χ1n) is 8.53. The van der Waals surface area contributed by atoms with E-state index < -0.39 is 5.97 Å². The van der Waals surface area contributed by atoms with Crippen LogP contribution in [0.4, 0.5) is 0 Å². The quantitative estimate of drug-likeness (QED) is 0.872. The first-order chi connectivity index (χ1) is 11.0. The summed E-state index contributed by atoms with van der Waals surface area (Å²) in [5, 5.41) is 9.23. The summed E-state index contributed by atoms with van der Waals surface area (Å²) in [6.07, 6.45) is 2.82. The van der Waals surface area contributed by atoms with E-state index in [9.17, 15) is 14.7 Å². The minimum Gasteiger partial charge on any atom is -0.481 e. The standard InChI is InChI=1S/C19H27NO3/c1-14(2)12-20(13-15-7-4-3-5-8-15)18(21)16-9-6-10-17(11-16)19(22)23/h3-5,7-8,14,16-17H,6,9-13H2,1-2H3,(H,22,23). The highest BCUT2D eigenvalue weighted by Gasteiger charge is 2.33. The third kappa shape index (κ3) is 5.08. The number of hydrogen-bond donors (Lipinski definition) is 1. The molecule has 1 aliphatic carbocycles. The highest BCUT2D eigenvalue weighted by atomic mass is 16.4. The SMILES string of the molecule is CC(C)CN(Cc1ccccc1)C(=O)C1CCCC(C(=O)O)C1. The van der Waals surface area contributed by atoms with Gasteiger partial charge in [0, 0.05) is 19.0 Å². The van der Waals surface area contributed by atoms with Crippen LogP contribution in [0.1, 0.15) is 45.1 Å². The summed E-state index contributed by atoms with van der Waals surface area (Å²) in [7, 11) is 0. The number of carbonyl (C=O) groups is 2. The monoisotopic (exact) mass is 317 g/mol. The lowest BCUT2D eigenvalue weighted by Crippen LogP contribution is -2.40. The second kappa shape index (κ2) is 8.14. The highest BCUT2D eigenvalue weighted by molar-refractivity contribution is 5.80. The van der Waals surface area contributed by atoms with Crippen molar-refractivity contribution in [2.24, 2.45) is 17.8 Å². The van der Waals surface area contributed by atoms with Crippen LogP contribution in [-0.4, -0.2) is 28.4 Å². The molecule has 0 aliphatic heterocycles. The van der Waals surface area contributed by atoms with Crippen LogP contribution in [0.25, 0.3) is 0 Å². The molecule has 0 radical (unpaired) electrons. The zero-order chi connectivity index (χ0) is 16.8. The number of carboxylic acids is 1. The van der Waals surface area contributed by atoms with Gasteiger partial charge >= 0.3 is 5.97 Å². The average molecular weight is 317 g/mol. The van der Waals surface area contributed by atoms with E-state index in [2.05, 4.69) is 13.8 Å². The van der Waals surface area contributed by atoms with Gasteiger partial charge in [-0.15, -0.1) is 0 Å². The third-order valence-corrected chi connectivity index (χ3v) is 4.49. The highest BCUT2D eigenvalue weighted by Crippen LogP contribution is 2.31. The number of amides is 1. The van der Waals surface area contributed by atoms with Crippen LogP contribution in [0.5, 0.6) is 0 Å². The van der Waals surface area contributed by atoms with E-state index >= 15 is 0 Å². The van der Waals surface area contributed by atoms with Crippen molar-refractivity contribution in [1.29, 1.82) is 0 Å². The molecule has 0 bridgehead atoms. The van der Waals surface area contributed by atoms with E-state index in [-0.39, 0.29) is 17.7 Å². The first-order valence-corrected chi connectivity index (χ1v) is 8.53. The predicted molar refractivity (Wildman–Crippen MR) is 89.8 cm³/mol. The van der Waals surface area contributed by atoms with Crippen molar-refractivity contribution in [3.63, 3.8) is 0 Å². The summed E-state index contributed by atoms with van der Waals surface area (Å²) in [5.74, 6) is -0.765. The summed E-state index contributed by atoms with van der Waals surface area (Å²) in [6.45, 7) is 5.52. The number of carboxylic acid groups (broad SMARTS) is 1. The fourth-order valence-corrected chi connectivity index (χ4v) is 3.37. The van der Waals surface area contributed by atoms with Gasteiger partial charge in [-0.25, -0.2) is 0 Å². The van der Waals surface area contributed by atoms with Crippen LogP contribution >= 0.6 is 0 Å². The van der Waals surface area contributed by atoms with Gasteiger partial charge in [-0.05, 0) is 30.7 Å². The Kier molecular flexibility index (Phi) is 6.20. The molecule has 4 nitrogen and oxygen atoms in total. The molecule has 2 unspecified atom stereocenters. The van der Waals surface area contributed by atoms with Crippen LogP contribution < -0.4 is 0 Å². The molecular weight excluding hydrogens is 290 g/mol. The van der Waals surface area contributed by atoms with Crippen LogP contribution in [0, 0.1) is 17.8 Å². The Bertz CT molecular complexity index is 527. The molecule has 2 atom stereocenters. The van der Waals surface area contributed by atoms with Crippen molar-refractivity contribution in [1.82, 2.24) is 4.90 Å². The van der Waals surface area contributed by atoms with Crippen LogP contribution in [0.3, 0.4) is 0 Å². The lowest BCUT2D eigenvalue weighted by molar-refractivity contribution is -0.145. The van der Waals surface area contributed by atoms with Gasteiger partial charge in [-0.3, -0.25) is 9.59 Å². The third-order valence-electron chi connectivity index (χ3n) is 4.49. The van der Waals surface area contributed by atoms with E-state index in [1.165, 1.54) is 0 Å². The molecular formula is C19H27NO3. The molecule has 4 heteroatoms. The van der Waals surface area contributed by atoms with Crippen molar-refractivity contribution < 1.29 is 14.7 Å². The minimum absolute atomic E-state index is 0.119. The Balaban J connectivity index is 2.08. The van der Waals surface area contributed by atoms with E-state index in [1.807, 2.05) is 35.2 Å². The van der Waals surface area contributed by atoms with Crippen LogP contribution in [-0.2, 0) is 16.1 Å². The average Bonchev–Trinajstić information content (AvgIpc) is 2.54. The normalized spacial score (nSPS) is 21.2. The molecule has 1 N–H and O–H groups in total. The number of carbonyl (C=O) groups excluding carboxylic acids is 1. The maximum Gasteiger partial charge on any atom is 0.306 e. The van der Waals surface area contributed by atoms with Crippen molar-refractivity contribution >= 4 is 11.9 Å². The summed E-state index contributed by atoms with van der Waals surface area (Å²) >= 11 is 0. The van der Waals surface area contributed by atoms with Gasteiger partial charge in [0.15, 0.2) is 0 Å². The number of hydrogen-bond acceptors (Lipinski definition) is 2. The molecule has 1 saturated carbocycles. The molecule has 0 spiro atoms. The molecule has 0 saturated heterocycles. The number of nitrogens with zero attached hydrogens (tertiary/aromatic N) is 1. The molecule has 0 aromatic heterocycles. The second-order valence-corrected chi connectivity index (χ2v) is 7.00. The maximum absolute atomic E-state index is 12.9. The summed E-state index contributed by atoms with van der Waals surface area (Å²) in [4.78, 5) is 26.1. The number of rotatable bonds is 6. The Morgan fingerprint density at radius 2 is 1.83 bits per heavy atom. The topological polar surface area (TPSA) is 57.6 Å². The van der Waals surface area contributed by atoms with Gasteiger partial charge in [-0.2, -0.15) is 0 Å². The minimum atomic E-state index is -0.763. The van der Waals surface area contributed by atoms with Crippen molar-refractivity contribution in [3.05, 3.63) is 35.9 Å². The largest absolute Gasteiger partial charge is 0.481 e. The molecule has 23 heavy (non-hydrogen) atoms. The Labute approximate surface area is 138 Å². The smallest absolute Gasteiger partial charge is 0.306 e. The zero-order valence-corrected chi connectivity index (χ0v) is 14.1. The summed E-state index contributed by atoms with van der Waals surface area (Å²) < 4.78 is 0. The van der Waals surface area contributed by atoms with Gasteiger partial charge in [0.05, 0.1) is 5.92 Å². The molecule has 126 valence electrons. The van der Waals surface area contributed by atoms with E-state index in [1.54, 1.807) is 0 Å². The zero-order valence-electron chi connectivity index (χ0n) is 14.1. The lowest BCUT2D eigenvalue weighted by Gasteiger charge is -2.32. The molecule has 1 aromatic rings.